The van der Waals surface area contributed by atoms with Crippen LogP contribution in [0.25, 0.3) is 11.0 Å². The van der Waals surface area contributed by atoms with Gasteiger partial charge in [0, 0.05) is 5.02 Å². The zero-order chi connectivity index (χ0) is 17.0. The molecule has 4 nitrogen and oxygen atoms in total. The van der Waals surface area contributed by atoms with E-state index in [-0.39, 0.29) is 17.1 Å². The molecule has 0 aliphatic carbocycles. The molecule has 2 aromatic carbocycles. The Hall–Kier alpha value is -2.59. The fourth-order valence-electron chi connectivity index (χ4n) is 3.30. The number of carbonyl (C=O) groups is 1. The van der Waals surface area contributed by atoms with Crippen LogP contribution in [0.4, 0.5) is 0 Å². The lowest BCUT2D eigenvalue weighted by Crippen LogP contribution is -2.21. The topological polar surface area (TPSA) is 59.3 Å². The van der Waals surface area contributed by atoms with Crippen LogP contribution in [0.15, 0.2) is 45.6 Å². The summed E-state index contributed by atoms with van der Waals surface area (Å²) in [4.78, 5) is 25.4. The highest BCUT2D eigenvalue weighted by Crippen LogP contribution is 2.32. The minimum absolute atomic E-state index is 0.0874. The minimum Gasteiger partial charge on any atom is -0.450 e. The van der Waals surface area contributed by atoms with Gasteiger partial charge in [-0.25, -0.2) is 0 Å². The van der Waals surface area contributed by atoms with Crippen molar-refractivity contribution in [2.75, 3.05) is 0 Å². The molecule has 1 aliphatic rings. The molecule has 3 aromatic rings. The summed E-state index contributed by atoms with van der Waals surface area (Å²) in [5.41, 5.74) is 3.20. The van der Waals surface area contributed by atoms with E-state index in [2.05, 4.69) is 5.32 Å². The third kappa shape index (κ3) is 2.14. The molecule has 0 spiro atoms. The van der Waals surface area contributed by atoms with E-state index in [0.29, 0.717) is 21.6 Å². The second kappa shape index (κ2) is 5.21. The number of halogens is 1. The minimum atomic E-state index is -0.548. The number of hydrogen-bond donors (Lipinski definition) is 1. The van der Waals surface area contributed by atoms with Gasteiger partial charge in [0.25, 0.3) is 5.91 Å². The van der Waals surface area contributed by atoms with Crippen molar-refractivity contribution >= 4 is 28.5 Å². The van der Waals surface area contributed by atoms with Crippen LogP contribution in [0.2, 0.25) is 5.02 Å². The average molecular weight is 340 g/mol. The number of nitrogens with one attached hydrogen (secondary N) is 1. The summed E-state index contributed by atoms with van der Waals surface area (Å²) in [5.74, 6) is -0.293. The van der Waals surface area contributed by atoms with Gasteiger partial charge in [0.2, 0.25) is 5.76 Å². The standard InChI is InChI=1S/C19H14ClNO3/c1-9-6-10(2)17-13(7-9)16(22)14-15(21-19(23)18(14)24-17)11-4-3-5-12(20)8-11/h3-8,15H,1-2H3,(H,21,23). The first-order valence-corrected chi connectivity index (χ1v) is 7.98. The van der Waals surface area contributed by atoms with Gasteiger partial charge in [-0.1, -0.05) is 29.8 Å². The molecule has 0 saturated heterocycles. The first-order chi connectivity index (χ1) is 11.5. The van der Waals surface area contributed by atoms with Crippen molar-refractivity contribution in [1.82, 2.24) is 5.32 Å². The van der Waals surface area contributed by atoms with Crippen molar-refractivity contribution in [3.05, 3.63) is 79.7 Å². The molecule has 120 valence electrons. The first kappa shape index (κ1) is 15.0. The number of aryl methyl sites for hydroxylation is 2. The van der Waals surface area contributed by atoms with Crippen molar-refractivity contribution in [2.45, 2.75) is 19.9 Å². The Morgan fingerprint density at radius 1 is 1.12 bits per heavy atom. The summed E-state index contributed by atoms with van der Waals surface area (Å²) in [6, 6.07) is 10.3. The van der Waals surface area contributed by atoms with Crippen LogP contribution in [0.5, 0.6) is 0 Å². The Morgan fingerprint density at radius 2 is 1.92 bits per heavy atom. The fraction of sp³-hybridized carbons (Fsp3) is 0.158. The molecule has 24 heavy (non-hydrogen) atoms. The Kier molecular flexibility index (Phi) is 3.25. The van der Waals surface area contributed by atoms with Crippen LogP contribution in [0, 0.1) is 13.8 Å². The van der Waals surface area contributed by atoms with E-state index < -0.39 is 6.04 Å². The third-order valence-corrected chi connectivity index (χ3v) is 4.54. The van der Waals surface area contributed by atoms with Gasteiger partial charge in [0.15, 0.2) is 5.43 Å². The maximum atomic E-state index is 13.1. The first-order valence-electron chi connectivity index (χ1n) is 7.60. The van der Waals surface area contributed by atoms with Crippen LogP contribution in [-0.4, -0.2) is 5.91 Å². The van der Waals surface area contributed by atoms with Crippen LogP contribution < -0.4 is 10.7 Å². The molecule has 4 rings (SSSR count). The Balaban J connectivity index is 2.04. The molecule has 0 fully saturated rings. The van der Waals surface area contributed by atoms with E-state index in [9.17, 15) is 9.59 Å². The quantitative estimate of drug-likeness (QED) is 0.731. The van der Waals surface area contributed by atoms with Crippen LogP contribution in [-0.2, 0) is 0 Å². The van der Waals surface area contributed by atoms with Crippen molar-refractivity contribution in [3.63, 3.8) is 0 Å². The van der Waals surface area contributed by atoms with Crippen molar-refractivity contribution < 1.29 is 9.21 Å². The summed E-state index contributed by atoms with van der Waals surface area (Å²) < 4.78 is 5.82. The smallest absolute Gasteiger partial charge is 0.288 e. The predicted octanol–water partition coefficient (Wildman–Crippen LogP) is 3.90. The summed E-state index contributed by atoms with van der Waals surface area (Å²) in [6.45, 7) is 3.79. The number of fused-ring (bicyclic) bond motifs is 2. The molecule has 1 aromatic heterocycles. The van der Waals surface area contributed by atoms with Gasteiger partial charge in [0.05, 0.1) is 17.0 Å². The highest BCUT2D eigenvalue weighted by Gasteiger charge is 2.36. The van der Waals surface area contributed by atoms with Crippen molar-refractivity contribution in [3.8, 4) is 0 Å². The van der Waals surface area contributed by atoms with Gasteiger partial charge in [-0.2, -0.15) is 0 Å². The predicted molar refractivity (Wildman–Crippen MR) is 92.7 cm³/mol. The van der Waals surface area contributed by atoms with Crippen molar-refractivity contribution in [2.24, 2.45) is 0 Å². The highest BCUT2D eigenvalue weighted by atomic mass is 35.5. The Bertz CT molecular complexity index is 1070. The molecule has 0 radical (unpaired) electrons. The molecule has 0 bridgehead atoms. The van der Waals surface area contributed by atoms with E-state index in [0.717, 1.165) is 16.7 Å². The second-order valence-corrected chi connectivity index (χ2v) is 6.53. The average Bonchev–Trinajstić information content (AvgIpc) is 2.86. The number of rotatable bonds is 1. The van der Waals surface area contributed by atoms with E-state index in [1.807, 2.05) is 26.0 Å². The van der Waals surface area contributed by atoms with Gasteiger partial charge >= 0.3 is 0 Å². The zero-order valence-corrected chi connectivity index (χ0v) is 13.9. The maximum absolute atomic E-state index is 13.1. The van der Waals surface area contributed by atoms with E-state index >= 15 is 0 Å². The molecule has 1 aliphatic heterocycles. The third-order valence-electron chi connectivity index (χ3n) is 4.31. The molecular formula is C19H14ClNO3. The van der Waals surface area contributed by atoms with E-state index in [4.69, 9.17) is 16.0 Å². The summed E-state index contributed by atoms with van der Waals surface area (Å²) in [6.07, 6.45) is 0. The molecule has 1 atom stereocenters. The highest BCUT2D eigenvalue weighted by molar-refractivity contribution is 6.30. The molecular weight excluding hydrogens is 326 g/mol. The fourth-order valence-corrected chi connectivity index (χ4v) is 3.50. The zero-order valence-electron chi connectivity index (χ0n) is 13.1. The molecule has 2 heterocycles. The van der Waals surface area contributed by atoms with Gasteiger partial charge in [-0.15, -0.1) is 0 Å². The number of benzene rings is 2. The van der Waals surface area contributed by atoms with Gasteiger partial charge in [0.1, 0.15) is 5.58 Å². The van der Waals surface area contributed by atoms with E-state index in [1.165, 1.54) is 0 Å². The van der Waals surface area contributed by atoms with Crippen molar-refractivity contribution in [1.29, 1.82) is 0 Å². The normalized spacial score (nSPS) is 16.3. The second-order valence-electron chi connectivity index (χ2n) is 6.09. The molecule has 1 unspecified atom stereocenters. The van der Waals surface area contributed by atoms with Crippen LogP contribution >= 0.6 is 11.6 Å². The van der Waals surface area contributed by atoms with Crippen LogP contribution in [0.3, 0.4) is 0 Å². The molecule has 1 amide bonds. The molecule has 5 heteroatoms. The van der Waals surface area contributed by atoms with Gasteiger partial charge < -0.3 is 9.73 Å². The number of amides is 1. The van der Waals surface area contributed by atoms with Crippen LogP contribution in [0.1, 0.15) is 38.9 Å². The van der Waals surface area contributed by atoms with Gasteiger partial charge in [-0.3, -0.25) is 9.59 Å². The molecule has 1 N–H and O–H groups in total. The lowest BCUT2D eigenvalue weighted by molar-refractivity contribution is 0.0938. The monoisotopic (exact) mass is 339 g/mol. The lowest BCUT2D eigenvalue weighted by Gasteiger charge is -2.12. The number of carbonyl (C=O) groups excluding carboxylic acids is 1. The SMILES string of the molecule is Cc1cc(C)c2oc3c(c(=O)c2c1)C(c1cccc(Cl)c1)NC3=O. The Morgan fingerprint density at radius 3 is 2.67 bits per heavy atom. The summed E-state index contributed by atoms with van der Waals surface area (Å²) in [7, 11) is 0. The maximum Gasteiger partial charge on any atom is 0.288 e. The summed E-state index contributed by atoms with van der Waals surface area (Å²) >= 11 is 6.05. The number of hydrogen-bond acceptors (Lipinski definition) is 3. The van der Waals surface area contributed by atoms with Gasteiger partial charge in [-0.05, 0) is 48.7 Å². The largest absolute Gasteiger partial charge is 0.450 e. The summed E-state index contributed by atoms with van der Waals surface area (Å²) in [5, 5.41) is 3.86. The lowest BCUT2D eigenvalue weighted by atomic mass is 9.98. The van der Waals surface area contributed by atoms with E-state index in [1.54, 1.807) is 24.3 Å². The Labute approximate surface area is 143 Å². The molecule has 0 saturated carbocycles.